The monoisotopic (exact) mass is 429 g/mol. The van der Waals surface area contributed by atoms with Crippen molar-refractivity contribution < 1.29 is 31.5 Å². The van der Waals surface area contributed by atoms with E-state index in [0.717, 1.165) is 26.2 Å². The van der Waals surface area contributed by atoms with Gasteiger partial charge in [-0.25, -0.2) is 4.39 Å². The smallest absolute Gasteiger partial charge is 0.406 e. The predicted octanol–water partition coefficient (Wildman–Crippen LogP) is 4.02. The number of rotatable bonds is 4. The van der Waals surface area contributed by atoms with Gasteiger partial charge in [-0.3, -0.25) is 15.1 Å². The Morgan fingerprint density at radius 2 is 1.83 bits per heavy atom. The van der Waals surface area contributed by atoms with Crippen LogP contribution in [0.25, 0.3) is 0 Å². The second-order valence-corrected chi connectivity index (χ2v) is 7.35. The number of hydrogen-bond acceptors (Lipinski definition) is 4. The van der Waals surface area contributed by atoms with Gasteiger partial charge in [0.25, 0.3) is 0 Å². The molecule has 10 heteroatoms. The predicted molar refractivity (Wildman–Crippen MR) is 99.1 cm³/mol. The summed E-state index contributed by atoms with van der Waals surface area (Å²) in [5.74, 6) is -6.16. The Morgan fingerprint density at radius 1 is 1.20 bits per heavy atom. The molecule has 0 spiro atoms. The Kier molecular flexibility index (Phi) is 5.72. The van der Waals surface area contributed by atoms with Crippen LogP contribution in [0, 0.1) is 17.6 Å². The topological polar surface area (TPSA) is 63.2 Å². The van der Waals surface area contributed by atoms with Crippen molar-refractivity contribution in [3.05, 3.63) is 53.9 Å². The molecule has 3 rings (SSSR count). The Morgan fingerprint density at radius 3 is 2.40 bits per heavy atom. The average Bonchev–Trinajstić information content (AvgIpc) is 2.97. The second kappa shape index (κ2) is 7.82. The zero-order chi connectivity index (χ0) is 22.3. The van der Waals surface area contributed by atoms with E-state index in [0.29, 0.717) is 5.69 Å². The molecule has 30 heavy (non-hydrogen) atoms. The van der Waals surface area contributed by atoms with Crippen molar-refractivity contribution in [2.45, 2.75) is 37.5 Å². The number of nitrogens with zero attached hydrogens (tertiary/aromatic N) is 1. The molecule has 0 radical (unpaired) electrons. The molecule has 1 amide bonds. The molecular weight excluding hydrogens is 409 g/mol. The normalized spacial score (nSPS) is 26.5. The summed E-state index contributed by atoms with van der Waals surface area (Å²) in [6, 6.07) is 3.52. The first-order chi connectivity index (χ1) is 14.0. The molecule has 5 nitrogen and oxygen atoms in total. The van der Waals surface area contributed by atoms with Crippen LogP contribution >= 0.6 is 0 Å². The molecule has 1 aromatic heterocycles. The number of anilines is 1. The standard InChI is InChI=1S/C20H20F5N3O2/c1-10-14(12-4-5-13(21)15(22)17(12)30-3)16(28-19(10,2)20(23,24)25)18(29)27-11-6-8-26-9-7-11/h4-10,14,16,28H,1-3H3,(H,26,27,29)/t10-,14-,16+,19+/m0/s1. The highest BCUT2D eigenvalue weighted by atomic mass is 19.4. The third-order valence-corrected chi connectivity index (χ3v) is 5.73. The van der Waals surface area contributed by atoms with Crippen LogP contribution in [-0.2, 0) is 4.79 Å². The Hall–Kier alpha value is -2.75. The number of halogens is 5. The molecule has 1 aliphatic rings. The lowest BCUT2D eigenvalue weighted by atomic mass is 9.76. The van der Waals surface area contributed by atoms with Crippen LogP contribution in [0.5, 0.6) is 5.75 Å². The number of ether oxygens (including phenoxy) is 1. The number of nitrogens with one attached hydrogen (secondary N) is 2. The van der Waals surface area contributed by atoms with Gasteiger partial charge in [0.2, 0.25) is 11.7 Å². The van der Waals surface area contributed by atoms with Crippen LogP contribution in [0.3, 0.4) is 0 Å². The summed E-state index contributed by atoms with van der Waals surface area (Å²) in [5.41, 5.74) is -2.14. The molecule has 2 aromatic rings. The number of carbonyl (C=O) groups excluding carboxylic acids is 1. The Bertz CT molecular complexity index is 938. The molecule has 4 atom stereocenters. The average molecular weight is 429 g/mol. The van der Waals surface area contributed by atoms with Gasteiger partial charge in [0.15, 0.2) is 11.6 Å². The van der Waals surface area contributed by atoms with Crippen molar-refractivity contribution in [2.24, 2.45) is 5.92 Å². The first kappa shape index (κ1) is 21.9. The van der Waals surface area contributed by atoms with Crippen LogP contribution in [0.1, 0.15) is 25.3 Å². The van der Waals surface area contributed by atoms with Crippen LogP contribution < -0.4 is 15.4 Å². The van der Waals surface area contributed by atoms with E-state index in [9.17, 15) is 26.7 Å². The molecule has 1 fully saturated rings. The number of alkyl halides is 3. The first-order valence-electron chi connectivity index (χ1n) is 9.08. The van der Waals surface area contributed by atoms with Crippen molar-refractivity contribution in [2.75, 3.05) is 12.4 Å². The summed E-state index contributed by atoms with van der Waals surface area (Å²) in [4.78, 5) is 16.8. The first-order valence-corrected chi connectivity index (χ1v) is 9.08. The minimum atomic E-state index is -4.71. The van der Waals surface area contributed by atoms with Crippen molar-refractivity contribution in [1.82, 2.24) is 10.3 Å². The fourth-order valence-corrected chi connectivity index (χ4v) is 3.88. The van der Waals surface area contributed by atoms with Gasteiger partial charge in [0.1, 0.15) is 5.54 Å². The van der Waals surface area contributed by atoms with Crippen LogP contribution in [0.15, 0.2) is 36.7 Å². The minimum Gasteiger partial charge on any atom is -0.493 e. The number of carbonyl (C=O) groups is 1. The molecule has 0 unspecified atom stereocenters. The van der Waals surface area contributed by atoms with Gasteiger partial charge < -0.3 is 10.1 Å². The lowest BCUT2D eigenvalue weighted by Gasteiger charge is -2.33. The maximum absolute atomic E-state index is 14.3. The van der Waals surface area contributed by atoms with Gasteiger partial charge in [0, 0.05) is 29.6 Å². The summed E-state index contributed by atoms with van der Waals surface area (Å²) in [6.07, 6.45) is -1.88. The fourth-order valence-electron chi connectivity index (χ4n) is 3.88. The molecule has 0 aliphatic carbocycles. The van der Waals surface area contributed by atoms with Gasteiger partial charge >= 0.3 is 6.18 Å². The molecule has 0 saturated carbocycles. The zero-order valence-electron chi connectivity index (χ0n) is 16.3. The summed E-state index contributed by atoms with van der Waals surface area (Å²) < 4.78 is 74.6. The molecule has 2 heterocycles. The molecule has 162 valence electrons. The van der Waals surface area contributed by atoms with E-state index < -0.39 is 52.9 Å². The van der Waals surface area contributed by atoms with Gasteiger partial charge in [-0.05, 0) is 31.0 Å². The summed E-state index contributed by atoms with van der Waals surface area (Å²) >= 11 is 0. The summed E-state index contributed by atoms with van der Waals surface area (Å²) in [5, 5.41) is 4.93. The summed E-state index contributed by atoms with van der Waals surface area (Å²) in [7, 11) is 1.09. The second-order valence-electron chi connectivity index (χ2n) is 7.35. The maximum atomic E-state index is 14.3. The van der Waals surface area contributed by atoms with Gasteiger partial charge in [0.05, 0.1) is 13.2 Å². The van der Waals surface area contributed by atoms with Crippen LogP contribution in [0.2, 0.25) is 0 Å². The molecular formula is C20H20F5N3O2. The maximum Gasteiger partial charge on any atom is 0.406 e. The van der Waals surface area contributed by atoms with E-state index in [2.05, 4.69) is 15.6 Å². The SMILES string of the molecule is COc1c([C@H]2[C@H](C(=O)Nc3ccncc3)N[C@@](C)(C(F)(F)F)[C@H]2C)ccc(F)c1F. The molecule has 1 aliphatic heterocycles. The highest BCUT2D eigenvalue weighted by Gasteiger charge is 2.64. The van der Waals surface area contributed by atoms with Crippen molar-refractivity contribution in [3.8, 4) is 5.75 Å². The van der Waals surface area contributed by atoms with Gasteiger partial charge in [-0.15, -0.1) is 0 Å². The lowest BCUT2D eigenvalue weighted by Crippen LogP contribution is -2.56. The highest BCUT2D eigenvalue weighted by molar-refractivity contribution is 5.96. The molecule has 2 N–H and O–H groups in total. The van der Waals surface area contributed by atoms with Crippen molar-refractivity contribution in [1.29, 1.82) is 0 Å². The number of aromatic nitrogens is 1. The van der Waals surface area contributed by atoms with Gasteiger partial charge in [-0.2, -0.15) is 17.6 Å². The number of amides is 1. The number of pyridine rings is 1. The number of benzene rings is 1. The van der Waals surface area contributed by atoms with Crippen molar-refractivity contribution >= 4 is 11.6 Å². The largest absolute Gasteiger partial charge is 0.493 e. The van der Waals surface area contributed by atoms with Gasteiger partial charge in [-0.1, -0.05) is 13.0 Å². The number of methoxy groups -OCH3 is 1. The Labute approximate surface area is 169 Å². The molecule has 1 saturated heterocycles. The minimum absolute atomic E-state index is 0.0285. The van der Waals surface area contributed by atoms with E-state index in [1.165, 1.54) is 31.5 Å². The van der Waals surface area contributed by atoms with Crippen LogP contribution in [-0.4, -0.2) is 35.8 Å². The van der Waals surface area contributed by atoms with E-state index >= 15 is 0 Å². The van der Waals surface area contributed by atoms with E-state index in [1.54, 1.807) is 0 Å². The Balaban J connectivity index is 2.09. The van der Waals surface area contributed by atoms with Crippen LogP contribution in [0.4, 0.5) is 27.6 Å². The van der Waals surface area contributed by atoms with E-state index in [4.69, 9.17) is 4.74 Å². The lowest BCUT2D eigenvalue weighted by molar-refractivity contribution is -0.198. The third kappa shape index (κ3) is 3.60. The van der Waals surface area contributed by atoms with Crippen molar-refractivity contribution in [3.63, 3.8) is 0 Å². The molecule has 1 aromatic carbocycles. The fraction of sp³-hybridized carbons (Fsp3) is 0.400. The van der Waals surface area contributed by atoms with E-state index in [-0.39, 0.29) is 5.56 Å². The third-order valence-electron chi connectivity index (χ3n) is 5.73. The van der Waals surface area contributed by atoms with E-state index in [1.807, 2.05) is 0 Å². The summed E-state index contributed by atoms with van der Waals surface area (Å²) in [6.45, 7) is 2.25. The molecule has 0 bridgehead atoms. The quantitative estimate of drug-likeness (QED) is 0.721. The number of hydrogen-bond donors (Lipinski definition) is 2. The zero-order valence-corrected chi connectivity index (χ0v) is 16.3. The highest BCUT2D eigenvalue weighted by Crippen LogP contribution is 2.51.